The Labute approximate surface area is 101 Å². The van der Waals surface area contributed by atoms with Gasteiger partial charge in [-0.15, -0.1) is 0 Å². The highest BCUT2D eigenvalue weighted by molar-refractivity contribution is 5.76. The first-order valence-electron chi connectivity index (χ1n) is 5.95. The molecule has 17 heavy (non-hydrogen) atoms. The third-order valence-corrected chi connectivity index (χ3v) is 2.15. The van der Waals surface area contributed by atoms with Crippen LogP contribution in [0.2, 0.25) is 0 Å². The van der Waals surface area contributed by atoms with Crippen molar-refractivity contribution in [3.63, 3.8) is 0 Å². The summed E-state index contributed by atoms with van der Waals surface area (Å²) in [6.07, 6.45) is 2.55. The van der Waals surface area contributed by atoms with Gasteiger partial charge in [-0.1, -0.05) is 0 Å². The summed E-state index contributed by atoms with van der Waals surface area (Å²) in [5, 5.41) is 22.4. The van der Waals surface area contributed by atoms with Crippen LogP contribution in [0.25, 0.3) is 0 Å². The van der Waals surface area contributed by atoms with Crippen LogP contribution in [0.4, 0.5) is 0 Å². The molecule has 0 aliphatic carbocycles. The summed E-state index contributed by atoms with van der Waals surface area (Å²) in [6, 6.07) is 0. The average Bonchev–Trinajstić information content (AvgIpc) is 2.29. The lowest BCUT2D eigenvalue weighted by Crippen LogP contribution is -2.30. The number of aliphatic hydroxyl groups is 2. The third-order valence-electron chi connectivity index (χ3n) is 2.15. The molecule has 0 bridgehead atoms. The van der Waals surface area contributed by atoms with Gasteiger partial charge in [-0.3, -0.25) is 9.59 Å². The quantitative estimate of drug-likeness (QED) is 0.377. The van der Waals surface area contributed by atoms with Crippen LogP contribution in [0, 0.1) is 0 Å². The van der Waals surface area contributed by atoms with Crippen LogP contribution < -0.4 is 10.6 Å². The van der Waals surface area contributed by atoms with Crippen LogP contribution in [-0.2, 0) is 9.59 Å². The molecular weight excluding hydrogens is 224 g/mol. The van der Waals surface area contributed by atoms with Crippen molar-refractivity contribution in [2.75, 3.05) is 26.3 Å². The van der Waals surface area contributed by atoms with E-state index in [2.05, 4.69) is 10.6 Å². The van der Waals surface area contributed by atoms with Crippen LogP contribution >= 0.6 is 0 Å². The summed E-state index contributed by atoms with van der Waals surface area (Å²) in [5.41, 5.74) is 0. The highest BCUT2D eigenvalue weighted by atomic mass is 16.3. The van der Waals surface area contributed by atoms with Crippen molar-refractivity contribution in [2.45, 2.75) is 32.1 Å². The van der Waals surface area contributed by atoms with Crippen LogP contribution in [0.15, 0.2) is 0 Å². The predicted octanol–water partition coefficient (Wildman–Crippen LogP) is -0.846. The Morgan fingerprint density at radius 3 is 1.88 bits per heavy atom. The van der Waals surface area contributed by atoms with Gasteiger partial charge in [-0.25, -0.2) is 0 Å². The normalized spacial score (nSPS) is 10.0. The molecule has 100 valence electrons. The summed E-state index contributed by atoms with van der Waals surface area (Å²) < 4.78 is 0. The molecule has 0 spiro atoms. The van der Waals surface area contributed by atoms with E-state index < -0.39 is 0 Å². The van der Waals surface area contributed by atoms with Gasteiger partial charge in [-0.2, -0.15) is 0 Å². The third kappa shape index (κ3) is 11.1. The van der Waals surface area contributed by atoms with Crippen LogP contribution in [0.5, 0.6) is 0 Å². The molecule has 0 aliphatic heterocycles. The summed E-state index contributed by atoms with van der Waals surface area (Å²) in [7, 11) is 0. The molecule has 0 aromatic carbocycles. The van der Waals surface area contributed by atoms with Gasteiger partial charge in [0, 0.05) is 32.5 Å². The first kappa shape index (κ1) is 15.9. The number of carbonyl (C=O) groups is 2. The van der Waals surface area contributed by atoms with E-state index >= 15 is 0 Å². The summed E-state index contributed by atoms with van der Waals surface area (Å²) >= 11 is 0. The zero-order valence-electron chi connectivity index (χ0n) is 10.1. The molecule has 4 N–H and O–H groups in total. The largest absolute Gasteiger partial charge is 0.396 e. The molecule has 0 saturated carbocycles. The molecule has 0 aromatic rings. The Morgan fingerprint density at radius 2 is 1.35 bits per heavy atom. The number of amides is 2. The Morgan fingerprint density at radius 1 is 0.765 bits per heavy atom. The Balaban J connectivity index is 3.27. The van der Waals surface area contributed by atoms with Crippen molar-refractivity contribution in [2.24, 2.45) is 0 Å². The van der Waals surface area contributed by atoms with E-state index in [1.165, 1.54) is 0 Å². The number of hydrogen-bond acceptors (Lipinski definition) is 4. The van der Waals surface area contributed by atoms with Gasteiger partial charge in [0.2, 0.25) is 11.8 Å². The van der Waals surface area contributed by atoms with Gasteiger partial charge in [-0.05, 0) is 19.3 Å². The maximum atomic E-state index is 11.2. The second-order valence-corrected chi connectivity index (χ2v) is 3.71. The lowest BCUT2D eigenvalue weighted by molar-refractivity contribution is -0.121. The Kier molecular flexibility index (Phi) is 10.6. The fourth-order valence-corrected chi connectivity index (χ4v) is 1.22. The first-order chi connectivity index (χ1) is 8.20. The molecule has 6 heteroatoms. The molecule has 0 unspecified atom stereocenters. The number of unbranched alkanes of at least 4 members (excludes halogenated alkanes) is 1. The first-order valence-corrected chi connectivity index (χ1v) is 5.95. The molecule has 0 heterocycles. The van der Waals surface area contributed by atoms with Gasteiger partial charge in [0.15, 0.2) is 0 Å². The summed E-state index contributed by atoms with van der Waals surface area (Å²) in [4.78, 5) is 22.1. The minimum Gasteiger partial charge on any atom is -0.396 e. The van der Waals surface area contributed by atoms with Gasteiger partial charge >= 0.3 is 0 Å². The van der Waals surface area contributed by atoms with Crippen LogP contribution in [-0.4, -0.2) is 48.3 Å². The van der Waals surface area contributed by atoms with E-state index in [4.69, 9.17) is 10.2 Å². The molecule has 2 amide bonds. The van der Waals surface area contributed by atoms with E-state index in [0.29, 0.717) is 38.8 Å². The van der Waals surface area contributed by atoms with Gasteiger partial charge < -0.3 is 20.8 Å². The zero-order chi connectivity index (χ0) is 12.9. The number of rotatable bonds is 10. The topological polar surface area (TPSA) is 98.7 Å². The van der Waals surface area contributed by atoms with Crippen molar-refractivity contribution < 1.29 is 19.8 Å². The summed E-state index contributed by atoms with van der Waals surface area (Å²) in [5.74, 6) is -0.207. The highest BCUT2D eigenvalue weighted by Crippen LogP contribution is 1.93. The van der Waals surface area contributed by atoms with Crippen molar-refractivity contribution in [3.8, 4) is 0 Å². The van der Waals surface area contributed by atoms with Crippen LogP contribution in [0.1, 0.15) is 32.1 Å². The smallest absolute Gasteiger partial charge is 0.222 e. The minimum absolute atomic E-state index is 0.0277. The van der Waals surface area contributed by atoms with Crippen molar-refractivity contribution >= 4 is 11.8 Å². The maximum Gasteiger partial charge on any atom is 0.222 e. The average molecular weight is 246 g/mol. The van der Waals surface area contributed by atoms with Gasteiger partial charge in [0.05, 0.1) is 6.61 Å². The van der Waals surface area contributed by atoms with Crippen LogP contribution in [0.3, 0.4) is 0 Å². The fraction of sp³-hybridized carbons (Fsp3) is 0.818. The molecule has 0 aromatic heterocycles. The monoisotopic (exact) mass is 246 g/mol. The standard InChI is InChI=1S/C11H22N2O4/c14-8-2-1-4-10(16)12-6-3-7-13-11(17)5-9-15/h14-15H,1-9H2,(H,12,16)(H,13,17). The highest BCUT2D eigenvalue weighted by Gasteiger charge is 2.01. The molecule has 0 rings (SSSR count). The molecule has 0 radical (unpaired) electrons. The number of nitrogens with one attached hydrogen (secondary N) is 2. The van der Waals surface area contributed by atoms with Crippen molar-refractivity contribution in [1.82, 2.24) is 10.6 Å². The van der Waals surface area contributed by atoms with E-state index in [1.54, 1.807) is 0 Å². The van der Waals surface area contributed by atoms with E-state index in [9.17, 15) is 9.59 Å². The number of carbonyl (C=O) groups excluding carboxylic acids is 2. The van der Waals surface area contributed by atoms with E-state index in [0.717, 1.165) is 0 Å². The molecule has 0 atom stereocenters. The van der Waals surface area contributed by atoms with E-state index in [-0.39, 0.29) is 31.4 Å². The second-order valence-electron chi connectivity index (χ2n) is 3.71. The molecule has 0 aliphatic rings. The van der Waals surface area contributed by atoms with Gasteiger partial charge in [0.25, 0.3) is 0 Å². The van der Waals surface area contributed by atoms with Gasteiger partial charge in [0.1, 0.15) is 0 Å². The second kappa shape index (κ2) is 11.3. The molecule has 6 nitrogen and oxygen atoms in total. The maximum absolute atomic E-state index is 11.2. The zero-order valence-corrected chi connectivity index (χ0v) is 10.1. The minimum atomic E-state index is -0.179. The number of aliphatic hydroxyl groups excluding tert-OH is 2. The fourth-order valence-electron chi connectivity index (χ4n) is 1.22. The number of hydrogen-bond donors (Lipinski definition) is 4. The predicted molar refractivity (Wildman–Crippen MR) is 63.3 cm³/mol. The molecule has 0 fully saturated rings. The van der Waals surface area contributed by atoms with Crippen molar-refractivity contribution in [1.29, 1.82) is 0 Å². The molecule has 0 saturated heterocycles. The lowest BCUT2D eigenvalue weighted by atomic mass is 10.2. The molecular formula is C11H22N2O4. The lowest BCUT2D eigenvalue weighted by Gasteiger charge is -2.06. The summed E-state index contributed by atoms with van der Waals surface area (Å²) in [6.45, 7) is 0.991. The van der Waals surface area contributed by atoms with Crippen molar-refractivity contribution in [3.05, 3.63) is 0 Å². The Bertz CT molecular complexity index is 222. The SMILES string of the molecule is O=C(CCO)NCCCNC(=O)CCCCO. The Hall–Kier alpha value is -1.14. The van der Waals surface area contributed by atoms with E-state index in [1.807, 2.05) is 0 Å².